The molecule has 0 saturated heterocycles. The fourth-order valence-electron chi connectivity index (χ4n) is 3.93. The number of carbonyl (C=O) groups excluding carboxylic acids is 2. The molecule has 1 aliphatic rings. The lowest BCUT2D eigenvalue weighted by molar-refractivity contribution is 0.0926. The Bertz CT molecular complexity index is 1340. The molecule has 0 radical (unpaired) electrons. The molecule has 4 aromatic rings. The summed E-state index contributed by atoms with van der Waals surface area (Å²) in [6.45, 7) is 5.77. The van der Waals surface area contributed by atoms with Crippen LogP contribution in [-0.4, -0.2) is 26.6 Å². The van der Waals surface area contributed by atoms with Gasteiger partial charge >= 0.3 is 0 Å². The maximum atomic E-state index is 13.3. The van der Waals surface area contributed by atoms with Crippen LogP contribution in [0.25, 0.3) is 16.7 Å². The van der Waals surface area contributed by atoms with E-state index in [0.717, 1.165) is 16.8 Å². The second kappa shape index (κ2) is 6.10. The van der Waals surface area contributed by atoms with Crippen LogP contribution in [0.3, 0.4) is 0 Å². The van der Waals surface area contributed by atoms with Crippen molar-refractivity contribution in [2.24, 2.45) is 0 Å². The number of para-hydroxylation sites is 1. The van der Waals surface area contributed by atoms with E-state index in [9.17, 15) is 9.59 Å². The summed E-state index contributed by atoms with van der Waals surface area (Å²) in [7, 11) is 0. The Morgan fingerprint density at radius 1 is 0.897 bits per heavy atom. The normalized spacial score (nSPS) is 13.4. The standard InChI is InChI=1S/C23H18N4O2/c1-13-7-6-9-16(11-13)26-22(28)17-12-24-21-19(20(17)23(26)29)15(3)25-27(21)18-10-5-4-8-14(18)2/h4-12H,1-3H3. The average Bonchev–Trinajstić information content (AvgIpc) is 3.16. The number of fused-ring (bicyclic) bond motifs is 3. The monoisotopic (exact) mass is 382 g/mol. The van der Waals surface area contributed by atoms with Gasteiger partial charge < -0.3 is 0 Å². The van der Waals surface area contributed by atoms with Crippen LogP contribution in [-0.2, 0) is 0 Å². The van der Waals surface area contributed by atoms with Gasteiger partial charge in [-0.1, -0.05) is 30.3 Å². The molecule has 0 unspecified atom stereocenters. The van der Waals surface area contributed by atoms with E-state index in [-0.39, 0.29) is 11.8 Å². The molecule has 1 aliphatic heterocycles. The molecule has 3 heterocycles. The molecule has 2 aromatic carbocycles. The Labute approximate surface area is 167 Å². The Morgan fingerprint density at radius 2 is 1.69 bits per heavy atom. The van der Waals surface area contributed by atoms with Crippen molar-refractivity contribution in [3.8, 4) is 5.69 Å². The van der Waals surface area contributed by atoms with Gasteiger partial charge in [-0.25, -0.2) is 14.6 Å². The van der Waals surface area contributed by atoms with E-state index in [0.29, 0.717) is 33.5 Å². The third-order valence-corrected chi connectivity index (χ3v) is 5.33. The fourth-order valence-corrected chi connectivity index (χ4v) is 3.93. The number of amides is 2. The molecule has 6 heteroatoms. The van der Waals surface area contributed by atoms with Gasteiger partial charge in [-0.2, -0.15) is 5.10 Å². The van der Waals surface area contributed by atoms with Gasteiger partial charge in [-0.3, -0.25) is 9.59 Å². The maximum absolute atomic E-state index is 13.3. The summed E-state index contributed by atoms with van der Waals surface area (Å²) in [6, 6.07) is 15.2. The number of imide groups is 1. The molecule has 2 aromatic heterocycles. The first kappa shape index (κ1) is 17.3. The van der Waals surface area contributed by atoms with E-state index < -0.39 is 0 Å². The van der Waals surface area contributed by atoms with Gasteiger partial charge in [0.2, 0.25) is 0 Å². The summed E-state index contributed by atoms with van der Waals surface area (Å²) < 4.78 is 1.74. The number of rotatable bonds is 2. The summed E-state index contributed by atoms with van der Waals surface area (Å²) >= 11 is 0. The second-order valence-corrected chi connectivity index (χ2v) is 7.31. The van der Waals surface area contributed by atoms with Gasteiger partial charge in [-0.15, -0.1) is 0 Å². The van der Waals surface area contributed by atoms with E-state index in [2.05, 4.69) is 10.1 Å². The van der Waals surface area contributed by atoms with E-state index >= 15 is 0 Å². The molecule has 2 amide bonds. The Balaban J connectivity index is 1.74. The number of aryl methyl sites for hydroxylation is 3. The lowest BCUT2D eigenvalue weighted by atomic mass is 10.1. The minimum absolute atomic E-state index is 0.316. The Kier molecular flexibility index (Phi) is 3.64. The van der Waals surface area contributed by atoms with Crippen molar-refractivity contribution in [1.29, 1.82) is 0 Å². The maximum Gasteiger partial charge on any atom is 0.267 e. The van der Waals surface area contributed by atoms with Gasteiger partial charge in [0.15, 0.2) is 5.65 Å². The third-order valence-electron chi connectivity index (χ3n) is 5.33. The zero-order chi connectivity index (χ0) is 20.3. The van der Waals surface area contributed by atoms with Crippen LogP contribution in [0.4, 0.5) is 5.69 Å². The molecule has 0 N–H and O–H groups in total. The van der Waals surface area contributed by atoms with Crippen molar-refractivity contribution in [2.45, 2.75) is 20.8 Å². The quantitative estimate of drug-likeness (QED) is 0.489. The van der Waals surface area contributed by atoms with Crippen LogP contribution in [0.1, 0.15) is 37.5 Å². The molecule has 0 bridgehead atoms. The molecule has 5 rings (SSSR count). The summed E-state index contributed by atoms with van der Waals surface area (Å²) in [4.78, 5) is 32.1. The van der Waals surface area contributed by atoms with Crippen molar-refractivity contribution in [3.63, 3.8) is 0 Å². The largest absolute Gasteiger partial charge is 0.268 e. The van der Waals surface area contributed by atoms with E-state index in [1.807, 2.05) is 63.2 Å². The van der Waals surface area contributed by atoms with Gasteiger partial charge in [-0.05, 0) is 50.1 Å². The summed E-state index contributed by atoms with van der Waals surface area (Å²) in [5, 5.41) is 5.27. The molecule has 142 valence electrons. The van der Waals surface area contributed by atoms with Crippen molar-refractivity contribution in [1.82, 2.24) is 14.8 Å². The number of nitrogens with zero attached hydrogens (tertiary/aromatic N) is 4. The molecule has 0 saturated carbocycles. The minimum atomic E-state index is -0.354. The first-order chi connectivity index (χ1) is 14.0. The number of hydrogen-bond acceptors (Lipinski definition) is 4. The topological polar surface area (TPSA) is 68.1 Å². The number of pyridine rings is 1. The molecule has 6 nitrogen and oxygen atoms in total. The highest BCUT2D eigenvalue weighted by Crippen LogP contribution is 2.35. The van der Waals surface area contributed by atoms with Gasteiger partial charge in [0.1, 0.15) is 0 Å². The van der Waals surface area contributed by atoms with E-state index in [1.54, 1.807) is 10.7 Å². The highest BCUT2D eigenvalue weighted by Gasteiger charge is 2.40. The third kappa shape index (κ3) is 2.42. The van der Waals surface area contributed by atoms with Crippen LogP contribution in [0.5, 0.6) is 0 Å². The lowest BCUT2D eigenvalue weighted by Gasteiger charge is -2.14. The molecule has 0 aliphatic carbocycles. The average molecular weight is 382 g/mol. The lowest BCUT2D eigenvalue weighted by Crippen LogP contribution is -2.29. The van der Waals surface area contributed by atoms with Gasteiger partial charge in [0, 0.05) is 6.20 Å². The highest BCUT2D eigenvalue weighted by atomic mass is 16.2. The van der Waals surface area contributed by atoms with Crippen LogP contribution in [0, 0.1) is 20.8 Å². The van der Waals surface area contributed by atoms with Gasteiger partial charge in [0.25, 0.3) is 11.8 Å². The minimum Gasteiger partial charge on any atom is -0.268 e. The van der Waals surface area contributed by atoms with Crippen LogP contribution in [0.15, 0.2) is 54.7 Å². The van der Waals surface area contributed by atoms with Crippen molar-refractivity contribution < 1.29 is 9.59 Å². The van der Waals surface area contributed by atoms with Crippen molar-refractivity contribution in [3.05, 3.63) is 82.7 Å². The highest BCUT2D eigenvalue weighted by molar-refractivity contribution is 6.37. The number of benzene rings is 2. The van der Waals surface area contributed by atoms with Gasteiger partial charge in [0.05, 0.1) is 33.6 Å². The number of hydrogen-bond donors (Lipinski definition) is 0. The zero-order valence-electron chi connectivity index (χ0n) is 16.3. The van der Waals surface area contributed by atoms with Crippen molar-refractivity contribution in [2.75, 3.05) is 4.90 Å². The molecule has 0 spiro atoms. The SMILES string of the molecule is Cc1cccc(N2C(=O)c3cnc4c(c(C)nn4-c4ccccc4C)c3C2=O)c1. The smallest absolute Gasteiger partial charge is 0.267 e. The number of carbonyl (C=O) groups is 2. The second-order valence-electron chi connectivity index (χ2n) is 7.31. The molecule has 0 fully saturated rings. The Morgan fingerprint density at radius 3 is 2.45 bits per heavy atom. The predicted molar refractivity (Wildman–Crippen MR) is 111 cm³/mol. The molecule has 29 heavy (non-hydrogen) atoms. The first-order valence-electron chi connectivity index (χ1n) is 9.37. The summed E-state index contributed by atoms with van der Waals surface area (Å²) in [6.07, 6.45) is 1.49. The van der Waals surface area contributed by atoms with E-state index in [4.69, 9.17) is 0 Å². The number of aromatic nitrogens is 3. The van der Waals surface area contributed by atoms with Crippen LogP contribution >= 0.6 is 0 Å². The predicted octanol–water partition coefficient (Wildman–Crippen LogP) is 4.15. The molecular formula is C23H18N4O2. The number of anilines is 1. The van der Waals surface area contributed by atoms with E-state index in [1.165, 1.54) is 11.1 Å². The van der Waals surface area contributed by atoms with Crippen molar-refractivity contribution >= 4 is 28.5 Å². The van der Waals surface area contributed by atoms with Crippen LogP contribution in [0.2, 0.25) is 0 Å². The summed E-state index contributed by atoms with van der Waals surface area (Å²) in [5.41, 5.74) is 5.41. The molecule has 0 atom stereocenters. The fraction of sp³-hybridized carbons (Fsp3) is 0.130. The van der Waals surface area contributed by atoms with Crippen LogP contribution < -0.4 is 4.90 Å². The summed E-state index contributed by atoms with van der Waals surface area (Å²) in [5.74, 6) is -0.691. The zero-order valence-corrected chi connectivity index (χ0v) is 16.3. The first-order valence-corrected chi connectivity index (χ1v) is 9.37. The Hall–Kier alpha value is -3.80. The molecular weight excluding hydrogens is 364 g/mol.